The molecule has 1 fully saturated rings. The third kappa shape index (κ3) is 3.84. The van der Waals surface area contributed by atoms with Gasteiger partial charge < -0.3 is 4.42 Å². The van der Waals surface area contributed by atoms with Gasteiger partial charge in [-0.1, -0.05) is 29.8 Å². The summed E-state index contributed by atoms with van der Waals surface area (Å²) < 4.78 is 5.87. The number of benzene rings is 2. The van der Waals surface area contributed by atoms with Crippen LogP contribution >= 0.6 is 23.4 Å². The average Bonchev–Trinajstić information content (AvgIpc) is 3.24. The van der Waals surface area contributed by atoms with Gasteiger partial charge in [0.25, 0.3) is 5.91 Å². The molecule has 0 spiro atoms. The summed E-state index contributed by atoms with van der Waals surface area (Å²) in [6.45, 7) is 0. The number of amides is 1. The maximum Gasteiger partial charge on any atom is 0.266 e. The Hall–Kier alpha value is -2.76. The van der Waals surface area contributed by atoms with Crippen molar-refractivity contribution >= 4 is 46.2 Å². The van der Waals surface area contributed by atoms with Crippen LogP contribution in [0.2, 0.25) is 5.02 Å². The van der Waals surface area contributed by atoms with E-state index in [2.05, 4.69) is 4.99 Å². The van der Waals surface area contributed by atoms with Gasteiger partial charge in [0.05, 0.1) is 10.6 Å². The molecule has 0 N–H and O–H groups in total. The summed E-state index contributed by atoms with van der Waals surface area (Å²) in [5, 5.41) is 1.32. The molecule has 0 bridgehead atoms. The van der Waals surface area contributed by atoms with Gasteiger partial charge in [0.15, 0.2) is 5.17 Å². The molecule has 0 atom stereocenters. The van der Waals surface area contributed by atoms with Crippen LogP contribution in [0.4, 0.5) is 5.69 Å². The fourth-order valence-electron chi connectivity index (χ4n) is 2.59. The van der Waals surface area contributed by atoms with Gasteiger partial charge in [-0.2, -0.15) is 0 Å². The first-order valence-electron chi connectivity index (χ1n) is 8.27. The van der Waals surface area contributed by atoms with Gasteiger partial charge in [0.2, 0.25) is 0 Å². The Labute approximate surface area is 166 Å². The van der Waals surface area contributed by atoms with Crippen LogP contribution in [0.5, 0.6) is 0 Å². The third-order valence-corrected chi connectivity index (χ3v) is 5.33. The molecule has 0 unspecified atom stereocenters. The molecule has 4 nitrogen and oxygen atoms in total. The fraction of sp³-hybridized carbons (Fsp3) is 0.0476. The minimum absolute atomic E-state index is 0.0980. The lowest BCUT2D eigenvalue weighted by atomic mass is 10.2. The molecule has 2 aromatic carbocycles. The molecular weight excluding hydrogens is 380 g/mol. The predicted octanol–water partition coefficient (Wildman–Crippen LogP) is 5.83. The molecule has 6 heteroatoms. The number of likely N-dealkylation sites (N-methyl/N-ethyl adjacent to an activating group) is 1. The number of furan rings is 1. The van der Waals surface area contributed by atoms with E-state index in [0.717, 1.165) is 17.0 Å². The minimum atomic E-state index is -0.0980. The van der Waals surface area contributed by atoms with Crippen LogP contribution in [0.25, 0.3) is 17.4 Å². The van der Waals surface area contributed by atoms with Crippen LogP contribution in [0.15, 0.2) is 81.0 Å². The summed E-state index contributed by atoms with van der Waals surface area (Å²) in [4.78, 5) is 19.2. The first kappa shape index (κ1) is 17.6. The Balaban J connectivity index is 1.58. The number of halogens is 1. The number of thioether (sulfide) groups is 1. The molecule has 0 radical (unpaired) electrons. The highest BCUT2D eigenvalue weighted by Crippen LogP contribution is 2.34. The van der Waals surface area contributed by atoms with E-state index in [1.807, 2.05) is 66.7 Å². The largest absolute Gasteiger partial charge is 0.457 e. The van der Waals surface area contributed by atoms with E-state index >= 15 is 0 Å². The molecule has 1 amide bonds. The number of hydrogen-bond acceptors (Lipinski definition) is 4. The lowest BCUT2D eigenvalue weighted by Crippen LogP contribution is -2.23. The second-order valence-electron chi connectivity index (χ2n) is 5.91. The number of carbonyl (C=O) groups is 1. The van der Waals surface area contributed by atoms with Crippen molar-refractivity contribution in [3.8, 4) is 11.3 Å². The van der Waals surface area contributed by atoms with Crippen LogP contribution in [0.1, 0.15) is 5.76 Å². The molecule has 1 aromatic heterocycles. The highest BCUT2D eigenvalue weighted by atomic mass is 35.5. The molecular formula is C21H15ClN2O2S. The molecule has 134 valence electrons. The highest BCUT2D eigenvalue weighted by Gasteiger charge is 2.30. The fourth-order valence-corrected chi connectivity index (χ4v) is 3.69. The zero-order valence-corrected chi connectivity index (χ0v) is 16.0. The molecule has 27 heavy (non-hydrogen) atoms. The Kier molecular flexibility index (Phi) is 4.88. The maximum absolute atomic E-state index is 12.5. The predicted molar refractivity (Wildman–Crippen MR) is 111 cm³/mol. The van der Waals surface area contributed by atoms with E-state index in [-0.39, 0.29) is 5.91 Å². The summed E-state index contributed by atoms with van der Waals surface area (Å²) in [6.07, 6.45) is 1.75. The SMILES string of the molecule is CN1C(=O)/C(=C/c2ccc(-c3ccc(Cl)cc3)o2)S/C1=N/c1ccccc1. The van der Waals surface area contributed by atoms with Crippen LogP contribution < -0.4 is 0 Å². The van der Waals surface area contributed by atoms with Gasteiger partial charge >= 0.3 is 0 Å². The first-order valence-corrected chi connectivity index (χ1v) is 9.47. The summed E-state index contributed by atoms with van der Waals surface area (Å²) in [7, 11) is 1.72. The van der Waals surface area contributed by atoms with Gasteiger partial charge in [-0.05, 0) is 60.3 Å². The van der Waals surface area contributed by atoms with Crippen LogP contribution in [0.3, 0.4) is 0 Å². The normalized spacial score (nSPS) is 17.3. The summed E-state index contributed by atoms with van der Waals surface area (Å²) in [6, 6.07) is 20.7. The van der Waals surface area contributed by atoms with Crippen LogP contribution in [0, 0.1) is 0 Å². The van der Waals surface area contributed by atoms with Gasteiger partial charge in [-0.15, -0.1) is 0 Å². The minimum Gasteiger partial charge on any atom is -0.457 e. The number of hydrogen-bond donors (Lipinski definition) is 0. The van der Waals surface area contributed by atoms with E-state index in [0.29, 0.717) is 20.9 Å². The first-order chi connectivity index (χ1) is 13.1. The van der Waals surface area contributed by atoms with Crippen molar-refractivity contribution in [2.45, 2.75) is 0 Å². The van der Waals surface area contributed by atoms with Gasteiger partial charge in [-0.3, -0.25) is 9.69 Å². The monoisotopic (exact) mass is 394 g/mol. The zero-order valence-electron chi connectivity index (χ0n) is 14.4. The zero-order chi connectivity index (χ0) is 18.8. The lowest BCUT2D eigenvalue weighted by molar-refractivity contribution is -0.121. The molecule has 0 aliphatic carbocycles. The van der Waals surface area contributed by atoms with Crippen molar-refractivity contribution in [3.63, 3.8) is 0 Å². The Morgan fingerprint density at radius 1 is 1.04 bits per heavy atom. The molecule has 4 rings (SSSR count). The molecule has 1 aliphatic rings. The van der Waals surface area contributed by atoms with Gasteiger partial charge in [-0.25, -0.2) is 4.99 Å². The van der Waals surface area contributed by atoms with Crippen molar-refractivity contribution in [2.75, 3.05) is 7.05 Å². The maximum atomic E-state index is 12.5. The number of aliphatic imine (C=N–C) groups is 1. The molecule has 3 aromatic rings. The van der Waals surface area contributed by atoms with Crippen molar-refractivity contribution < 1.29 is 9.21 Å². The summed E-state index contributed by atoms with van der Waals surface area (Å²) >= 11 is 7.26. The number of rotatable bonds is 3. The van der Waals surface area contributed by atoms with Crippen molar-refractivity contribution in [3.05, 3.63) is 82.4 Å². The van der Waals surface area contributed by atoms with Crippen molar-refractivity contribution in [1.82, 2.24) is 4.90 Å². The standard InChI is InChI=1S/C21H15ClN2O2S/c1-24-20(25)19(27-21(24)23-16-5-3-2-4-6-16)13-17-11-12-18(26-17)14-7-9-15(22)10-8-14/h2-13H,1H3/b19-13-,23-21+. The number of nitrogens with zero attached hydrogens (tertiary/aromatic N) is 2. The van der Waals surface area contributed by atoms with Gasteiger partial charge in [0, 0.05) is 23.7 Å². The Bertz CT molecular complexity index is 1040. The smallest absolute Gasteiger partial charge is 0.266 e. The third-order valence-electron chi connectivity index (χ3n) is 4.01. The summed E-state index contributed by atoms with van der Waals surface area (Å²) in [5.74, 6) is 1.24. The number of carbonyl (C=O) groups excluding carboxylic acids is 1. The Morgan fingerprint density at radius 2 is 1.78 bits per heavy atom. The lowest BCUT2D eigenvalue weighted by Gasteiger charge is -2.06. The van der Waals surface area contributed by atoms with Crippen molar-refractivity contribution in [2.24, 2.45) is 4.99 Å². The average molecular weight is 395 g/mol. The molecule has 2 heterocycles. The second kappa shape index (κ2) is 7.47. The second-order valence-corrected chi connectivity index (χ2v) is 7.36. The topological polar surface area (TPSA) is 45.8 Å². The molecule has 1 aliphatic heterocycles. The van der Waals surface area contributed by atoms with Crippen LogP contribution in [-0.2, 0) is 4.79 Å². The number of amidine groups is 1. The summed E-state index contributed by atoms with van der Waals surface area (Å²) in [5.41, 5.74) is 1.74. The quantitative estimate of drug-likeness (QED) is 0.524. The van der Waals surface area contributed by atoms with E-state index in [9.17, 15) is 4.79 Å². The van der Waals surface area contributed by atoms with Crippen LogP contribution in [-0.4, -0.2) is 23.0 Å². The van der Waals surface area contributed by atoms with E-state index < -0.39 is 0 Å². The van der Waals surface area contributed by atoms with Gasteiger partial charge in [0.1, 0.15) is 11.5 Å². The van der Waals surface area contributed by atoms with E-state index in [1.54, 1.807) is 18.0 Å². The molecule has 0 saturated carbocycles. The number of para-hydroxylation sites is 1. The van der Waals surface area contributed by atoms with E-state index in [4.69, 9.17) is 16.0 Å². The molecule has 1 saturated heterocycles. The van der Waals surface area contributed by atoms with E-state index in [1.165, 1.54) is 11.8 Å². The Morgan fingerprint density at radius 3 is 2.52 bits per heavy atom. The highest BCUT2D eigenvalue weighted by molar-refractivity contribution is 8.18. The van der Waals surface area contributed by atoms with Crippen molar-refractivity contribution in [1.29, 1.82) is 0 Å².